The van der Waals surface area contributed by atoms with Crippen LogP contribution in [0.3, 0.4) is 0 Å². The van der Waals surface area contributed by atoms with Crippen molar-refractivity contribution in [1.29, 1.82) is 0 Å². The summed E-state index contributed by atoms with van der Waals surface area (Å²) in [5, 5.41) is -0.733. The number of benzene rings is 1. The standard InChI is InChI=1S/C11H13NO4S/c1-8-10(9-6-4-3-5-7-9)16-11(15-2)12-17(8,13)14/h3-8,10H,1-2H3/t8-,10-/m1/s1. The SMILES string of the molecule is COC1=NS(=O)(=O)[C@H](C)[C@H](c2ccccc2)O1. The average Bonchev–Trinajstić information content (AvgIpc) is 2.33. The number of ether oxygens (including phenoxy) is 2. The van der Waals surface area contributed by atoms with Crippen molar-refractivity contribution < 1.29 is 17.9 Å². The van der Waals surface area contributed by atoms with Crippen LogP contribution >= 0.6 is 0 Å². The molecule has 0 aliphatic carbocycles. The molecule has 0 aromatic heterocycles. The first kappa shape index (κ1) is 11.9. The third-order valence-corrected chi connectivity index (χ3v) is 4.22. The van der Waals surface area contributed by atoms with E-state index in [4.69, 9.17) is 9.47 Å². The molecule has 0 saturated carbocycles. The van der Waals surface area contributed by atoms with Crippen molar-refractivity contribution in [3.05, 3.63) is 35.9 Å². The molecule has 1 heterocycles. The minimum absolute atomic E-state index is 0.211. The maximum atomic E-state index is 11.8. The predicted octanol–water partition coefficient (Wildman–Crippen LogP) is 1.48. The van der Waals surface area contributed by atoms with Gasteiger partial charge in [-0.05, 0) is 12.5 Å². The molecule has 0 bridgehead atoms. The summed E-state index contributed by atoms with van der Waals surface area (Å²) in [6.45, 7) is 1.57. The van der Waals surface area contributed by atoms with Crippen molar-refractivity contribution in [2.24, 2.45) is 4.40 Å². The molecule has 0 unspecified atom stereocenters. The molecule has 0 N–H and O–H groups in total. The summed E-state index contributed by atoms with van der Waals surface area (Å²) in [4.78, 5) is 0. The molecule has 17 heavy (non-hydrogen) atoms. The number of nitrogens with zero attached hydrogens (tertiary/aromatic N) is 1. The van der Waals surface area contributed by atoms with Crippen LogP contribution in [0.25, 0.3) is 0 Å². The van der Waals surface area contributed by atoms with E-state index in [0.717, 1.165) is 5.56 Å². The van der Waals surface area contributed by atoms with Crippen LogP contribution < -0.4 is 0 Å². The van der Waals surface area contributed by atoms with Crippen LogP contribution in [-0.2, 0) is 19.5 Å². The summed E-state index contributed by atoms with van der Waals surface area (Å²) >= 11 is 0. The van der Waals surface area contributed by atoms with E-state index in [1.54, 1.807) is 6.92 Å². The molecule has 0 radical (unpaired) electrons. The van der Waals surface area contributed by atoms with Gasteiger partial charge in [-0.25, -0.2) is 8.42 Å². The van der Waals surface area contributed by atoms with Gasteiger partial charge in [-0.3, -0.25) is 0 Å². The average molecular weight is 255 g/mol. The lowest BCUT2D eigenvalue weighted by Crippen LogP contribution is -2.34. The van der Waals surface area contributed by atoms with E-state index in [9.17, 15) is 8.42 Å². The molecule has 2 rings (SSSR count). The Morgan fingerprint density at radius 2 is 1.94 bits per heavy atom. The Bertz CT molecular complexity index is 524. The van der Waals surface area contributed by atoms with Crippen LogP contribution in [0, 0.1) is 0 Å². The van der Waals surface area contributed by atoms with Gasteiger partial charge in [-0.15, -0.1) is 0 Å². The second kappa shape index (κ2) is 4.37. The highest BCUT2D eigenvalue weighted by atomic mass is 32.2. The molecular weight excluding hydrogens is 242 g/mol. The second-order valence-corrected chi connectivity index (χ2v) is 5.69. The molecule has 1 aliphatic rings. The molecule has 6 heteroatoms. The van der Waals surface area contributed by atoms with E-state index in [1.807, 2.05) is 30.3 Å². The number of sulfonamides is 1. The van der Waals surface area contributed by atoms with Crippen LogP contribution in [0.1, 0.15) is 18.6 Å². The Labute approximate surface area is 100 Å². The van der Waals surface area contributed by atoms with Crippen LogP contribution in [0.4, 0.5) is 0 Å². The van der Waals surface area contributed by atoms with Crippen molar-refractivity contribution >= 4 is 16.1 Å². The molecule has 0 spiro atoms. The van der Waals surface area contributed by atoms with Crippen LogP contribution in [0.15, 0.2) is 34.7 Å². The van der Waals surface area contributed by atoms with Crippen LogP contribution in [0.2, 0.25) is 0 Å². The van der Waals surface area contributed by atoms with E-state index in [1.165, 1.54) is 7.11 Å². The Hall–Kier alpha value is -1.56. The summed E-state index contributed by atoms with van der Waals surface area (Å²) in [6, 6.07) is 9.15. The maximum absolute atomic E-state index is 11.8. The highest BCUT2D eigenvalue weighted by Crippen LogP contribution is 2.30. The minimum Gasteiger partial charge on any atom is -0.453 e. The lowest BCUT2D eigenvalue weighted by molar-refractivity contribution is 0.120. The maximum Gasteiger partial charge on any atom is 0.399 e. The first-order valence-electron chi connectivity index (χ1n) is 5.14. The molecule has 1 aromatic carbocycles. The molecule has 0 amide bonds. The summed E-state index contributed by atoms with van der Waals surface area (Å²) in [5.74, 6) is 0. The number of hydrogen-bond donors (Lipinski definition) is 0. The number of methoxy groups -OCH3 is 1. The largest absolute Gasteiger partial charge is 0.453 e. The van der Waals surface area contributed by atoms with E-state index in [-0.39, 0.29) is 6.08 Å². The number of hydrogen-bond acceptors (Lipinski definition) is 4. The van der Waals surface area contributed by atoms with E-state index in [2.05, 4.69) is 4.40 Å². The van der Waals surface area contributed by atoms with Crippen molar-refractivity contribution in [2.45, 2.75) is 18.3 Å². The van der Waals surface area contributed by atoms with Gasteiger partial charge in [0, 0.05) is 0 Å². The van der Waals surface area contributed by atoms with Gasteiger partial charge in [0.05, 0.1) is 7.11 Å². The Balaban J connectivity index is 2.41. The zero-order valence-electron chi connectivity index (χ0n) is 9.53. The van der Waals surface area contributed by atoms with Crippen LogP contribution in [-0.4, -0.2) is 26.9 Å². The Kier molecular flexibility index (Phi) is 3.06. The van der Waals surface area contributed by atoms with E-state index in [0.29, 0.717) is 0 Å². The summed E-state index contributed by atoms with van der Waals surface area (Å²) in [5.41, 5.74) is 0.785. The smallest absolute Gasteiger partial charge is 0.399 e. The third-order valence-electron chi connectivity index (χ3n) is 2.63. The Morgan fingerprint density at radius 3 is 2.53 bits per heavy atom. The van der Waals surface area contributed by atoms with Crippen LogP contribution in [0.5, 0.6) is 0 Å². The van der Waals surface area contributed by atoms with Crippen molar-refractivity contribution in [1.82, 2.24) is 0 Å². The molecule has 0 saturated heterocycles. The van der Waals surface area contributed by atoms with Gasteiger partial charge in [0.2, 0.25) is 0 Å². The first-order valence-corrected chi connectivity index (χ1v) is 6.64. The van der Waals surface area contributed by atoms with Crippen molar-refractivity contribution in [2.75, 3.05) is 7.11 Å². The zero-order chi connectivity index (χ0) is 12.5. The summed E-state index contributed by atoms with van der Waals surface area (Å²) in [7, 11) is -2.26. The lowest BCUT2D eigenvalue weighted by atomic mass is 10.1. The monoisotopic (exact) mass is 255 g/mol. The number of rotatable bonds is 1. The predicted molar refractivity (Wildman–Crippen MR) is 63.1 cm³/mol. The first-order chi connectivity index (χ1) is 8.04. The van der Waals surface area contributed by atoms with Gasteiger partial charge in [0.25, 0.3) is 10.0 Å². The van der Waals surface area contributed by atoms with Gasteiger partial charge in [-0.2, -0.15) is 0 Å². The molecule has 2 atom stereocenters. The van der Waals surface area contributed by atoms with Gasteiger partial charge in [0.1, 0.15) is 11.4 Å². The van der Waals surface area contributed by atoms with E-state index < -0.39 is 21.4 Å². The summed E-state index contributed by atoms with van der Waals surface area (Å²) < 4.78 is 37.2. The fourth-order valence-corrected chi connectivity index (χ4v) is 2.65. The molecule has 5 nitrogen and oxygen atoms in total. The second-order valence-electron chi connectivity index (χ2n) is 3.73. The molecular formula is C11H13NO4S. The quantitative estimate of drug-likeness (QED) is 0.762. The topological polar surface area (TPSA) is 65.0 Å². The van der Waals surface area contributed by atoms with Gasteiger partial charge in [-0.1, -0.05) is 34.7 Å². The van der Waals surface area contributed by atoms with Gasteiger partial charge in [0.15, 0.2) is 0 Å². The lowest BCUT2D eigenvalue weighted by Gasteiger charge is -2.27. The highest BCUT2D eigenvalue weighted by molar-refractivity contribution is 7.90. The molecule has 0 fully saturated rings. The fourth-order valence-electron chi connectivity index (χ4n) is 1.64. The van der Waals surface area contributed by atoms with Gasteiger partial charge < -0.3 is 9.47 Å². The highest BCUT2D eigenvalue weighted by Gasteiger charge is 2.38. The van der Waals surface area contributed by atoms with E-state index >= 15 is 0 Å². The normalized spacial score (nSPS) is 26.8. The minimum atomic E-state index is -3.58. The molecule has 1 aromatic rings. The Morgan fingerprint density at radius 1 is 1.29 bits per heavy atom. The van der Waals surface area contributed by atoms with Crippen molar-refractivity contribution in [3.8, 4) is 0 Å². The molecule has 1 aliphatic heterocycles. The fraction of sp³-hybridized carbons (Fsp3) is 0.364. The van der Waals surface area contributed by atoms with Crippen molar-refractivity contribution in [3.63, 3.8) is 0 Å². The third kappa shape index (κ3) is 2.26. The summed E-state index contributed by atoms with van der Waals surface area (Å²) in [6.07, 6.45) is -0.800. The van der Waals surface area contributed by atoms with Gasteiger partial charge >= 0.3 is 6.08 Å². The zero-order valence-corrected chi connectivity index (χ0v) is 10.3. The molecule has 92 valence electrons.